The number of amides is 2. The lowest BCUT2D eigenvalue weighted by Gasteiger charge is -2.45. The molecule has 6 nitrogen and oxygen atoms in total. The summed E-state index contributed by atoms with van der Waals surface area (Å²) < 4.78 is 39.5. The third-order valence-corrected chi connectivity index (χ3v) is 5.75. The molecule has 2 saturated heterocycles. The fraction of sp³-hybridized carbons (Fsp3) is 0.500. The fourth-order valence-corrected chi connectivity index (χ4v) is 4.17. The number of carbonyl (C=O) groups is 3. The summed E-state index contributed by atoms with van der Waals surface area (Å²) in [5.74, 6) is -2.97. The molecule has 0 radical (unpaired) electrons. The van der Waals surface area contributed by atoms with E-state index in [1.807, 2.05) is 0 Å². The number of carboxylic acids is 1. The van der Waals surface area contributed by atoms with Crippen molar-refractivity contribution < 1.29 is 32.7 Å². The molecule has 0 bridgehead atoms. The van der Waals surface area contributed by atoms with Crippen LogP contribution in [0.1, 0.15) is 35.2 Å². The van der Waals surface area contributed by atoms with Crippen LogP contribution in [-0.4, -0.2) is 58.4 Å². The van der Waals surface area contributed by atoms with E-state index in [2.05, 4.69) is 0 Å². The summed E-state index contributed by atoms with van der Waals surface area (Å²) >= 11 is 0. The third-order valence-electron chi connectivity index (χ3n) is 5.75. The highest BCUT2D eigenvalue weighted by Gasteiger charge is 2.55. The van der Waals surface area contributed by atoms with Gasteiger partial charge in [-0.3, -0.25) is 14.4 Å². The second-order valence-electron chi connectivity index (χ2n) is 6.99. The zero-order chi connectivity index (χ0) is 20.0. The van der Waals surface area contributed by atoms with Crippen LogP contribution in [-0.2, 0) is 15.8 Å². The van der Waals surface area contributed by atoms with Crippen LogP contribution in [0.25, 0.3) is 0 Å². The average Bonchev–Trinajstić information content (AvgIpc) is 2.86. The number of benzene rings is 1. The summed E-state index contributed by atoms with van der Waals surface area (Å²) in [5.41, 5.74) is -2.32. The Morgan fingerprint density at radius 3 is 2.33 bits per heavy atom. The smallest absolute Gasteiger partial charge is 0.417 e. The largest absolute Gasteiger partial charge is 0.481 e. The van der Waals surface area contributed by atoms with Gasteiger partial charge in [0.1, 0.15) is 0 Å². The highest BCUT2D eigenvalue weighted by atomic mass is 19.4. The number of alkyl halides is 3. The highest BCUT2D eigenvalue weighted by Crippen LogP contribution is 2.43. The Balaban J connectivity index is 1.82. The molecule has 0 saturated carbocycles. The van der Waals surface area contributed by atoms with E-state index in [9.17, 15) is 32.7 Å². The van der Waals surface area contributed by atoms with E-state index >= 15 is 0 Å². The van der Waals surface area contributed by atoms with Crippen LogP contribution in [0.2, 0.25) is 0 Å². The molecule has 2 aliphatic rings. The Labute approximate surface area is 153 Å². The first-order valence-corrected chi connectivity index (χ1v) is 8.53. The zero-order valence-corrected chi connectivity index (χ0v) is 14.6. The molecule has 1 N–H and O–H groups in total. The second kappa shape index (κ2) is 6.54. The molecule has 3 rings (SSSR count). The first kappa shape index (κ1) is 19.2. The van der Waals surface area contributed by atoms with Crippen LogP contribution in [0.3, 0.4) is 0 Å². The topological polar surface area (TPSA) is 77.9 Å². The maximum atomic E-state index is 13.2. The van der Waals surface area contributed by atoms with Crippen molar-refractivity contribution in [2.45, 2.75) is 31.0 Å². The Kier molecular flexibility index (Phi) is 4.65. The fourth-order valence-electron chi connectivity index (χ4n) is 4.17. The lowest BCUT2D eigenvalue weighted by Crippen LogP contribution is -2.57. The van der Waals surface area contributed by atoms with Gasteiger partial charge in [0.15, 0.2) is 0 Å². The summed E-state index contributed by atoms with van der Waals surface area (Å²) in [6.45, 7) is 0.179. The molecule has 1 atom stereocenters. The van der Waals surface area contributed by atoms with Gasteiger partial charge in [0.05, 0.1) is 22.6 Å². The van der Waals surface area contributed by atoms with Gasteiger partial charge in [-0.2, -0.15) is 13.2 Å². The predicted octanol–water partition coefficient (Wildman–Crippen LogP) is 2.24. The van der Waals surface area contributed by atoms with Crippen LogP contribution in [0, 0.1) is 5.92 Å². The summed E-state index contributed by atoms with van der Waals surface area (Å²) in [6.07, 6.45) is -4.31. The van der Waals surface area contributed by atoms with Crippen molar-refractivity contribution in [2.24, 2.45) is 5.92 Å². The van der Waals surface area contributed by atoms with E-state index in [4.69, 9.17) is 0 Å². The van der Waals surface area contributed by atoms with Crippen molar-refractivity contribution in [3.8, 4) is 0 Å². The Morgan fingerprint density at radius 2 is 1.78 bits per heavy atom. The number of halogens is 3. The molecule has 1 aromatic carbocycles. The van der Waals surface area contributed by atoms with E-state index in [1.54, 1.807) is 7.05 Å². The maximum absolute atomic E-state index is 13.2. The molecule has 1 spiro atoms. The standard InChI is InChI=1S/C18H19F3N2O4/c1-22-14(24)10-13(16(26)27)17(22)6-8-23(9-7-17)15(25)11-4-2-3-5-12(11)18(19,20)21/h2-5,13H,6-10H2,1H3,(H,26,27)/t13-/m1/s1. The minimum atomic E-state index is -4.64. The van der Waals surface area contributed by atoms with Crippen molar-refractivity contribution in [1.82, 2.24) is 9.80 Å². The molecule has 2 heterocycles. The van der Waals surface area contributed by atoms with Gasteiger partial charge in [-0.1, -0.05) is 12.1 Å². The number of hydrogen-bond acceptors (Lipinski definition) is 3. The first-order valence-electron chi connectivity index (χ1n) is 8.53. The van der Waals surface area contributed by atoms with E-state index in [-0.39, 0.29) is 38.3 Å². The van der Waals surface area contributed by atoms with Gasteiger partial charge in [0.25, 0.3) is 5.91 Å². The van der Waals surface area contributed by atoms with Gasteiger partial charge in [0, 0.05) is 26.6 Å². The number of hydrogen-bond donors (Lipinski definition) is 1. The molecule has 0 unspecified atom stereocenters. The molecule has 2 amide bonds. The average molecular weight is 384 g/mol. The molecule has 1 aromatic rings. The molecule has 2 fully saturated rings. The van der Waals surface area contributed by atoms with Crippen molar-refractivity contribution in [3.05, 3.63) is 35.4 Å². The molecular weight excluding hydrogens is 365 g/mol. The normalized spacial score (nSPS) is 22.4. The lowest BCUT2D eigenvalue weighted by atomic mass is 9.77. The van der Waals surface area contributed by atoms with Crippen molar-refractivity contribution in [3.63, 3.8) is 0 Å². The molecule has 9 heteroatoms. The van der Waals surface area contributed by atoms with Crippen LogP contribution in [0.4, 0.5) is 13.2 Å². The summed E-state index contributed by atoms with van der Waals surface area (Å²) in [7, 11) is 1.54. The number of rotatable bonds is 2. The SMILES string of the molecule is CN1C(=O)C[C@H](C(=O)O)C12CCN(C(=O)c1ccccc1C(F)(F)F)CC2. The third kappa shape index (κ3) is 3.15. The maximum Gasteiger partial charge on any atom is 0.417 e. The summed E-state index contributed by atoms with van der Waals surface area (Å²) in [4.78, 5) is 39.0. The van der Waals surface area contributed by atoms with Crippen molar-refractivity contribution >= 4 is 17.8 Å². The van der Waals surface area contributed by atoms with E-state index in [0.717, 1.165) is 12.1 Å². The molecule has 27 heavy (non-hydrogen) atoms. The number of piperidine rings is 1. The van der Waals surface area contributed by atoms with Gasteiger partial charge in [-0.25, -0.2) is 0 Å². The van der Waals surface area contributed by atoms with Crippen LogP contribution in [0.15, 0.2) is 24.3 Å². The Bertz CT molecular complexity index is 785. The number of likely N-dealkylation sites (tertiary alicyclic amines) is 2. The Morgan fingerprint density at radius 1 is 1.19 bits per heavy atom. The Hall–Kier alpha value is -2.58. The van der Waals surface area contributed by atoms with Crippen LogP contribution in [0.5, 0.6) is 0 Å². The first-order chi connectivity index (χ1) is 12.6. The lowest BCUT2D eigenvalue weighted by molar-refractivity contribution is -0.146. The number of carbonyl (C=O) groups excluding carboxylic acids is 2. The predicted molar refractivity (Wildman–Crippen MR) is 87.8 cm³/mol. The molecule has 0 aromatic heterocycles. The van der Waals surface area contributed by atoms with Gasteiger partial charge in [-0.05, 0) is 25.0 Å². The molecule has 146 valence electrons. The summed E-state index contributed by atoms with van der Waals surface area (Å²) in [6, 6.07) is 4.60. The molecular formula is C18H19F3N2O4. The zero-order valence-electron chi connectivity index (χ0n) is 14.6. The second-order valence-corrected chi connectivity index (χ2v) is 6.99. The number of nitrogens with zero attached hydrogens (tertiary/aromatic N) is 2. The van der Waals surface area contributed by atoms with Crippen molar-refractivity contribution in [2.75, 3.05) is 20.1 Å². The van der Waals surface area contributed by atoms with E-state index in [0.29, 0.717) is 0 Å². The number of aliphatic carboxylic acids is 1. The molecule has 0 aliphatic carbocycles. The van der Waals surface area contributed by atoms with Crippen LogP contribution < -0.4 is 0 Å². The van der Waals surface area contributed by atoms with E-state index < -0.39 is 40.6 Å². The van der Waals surface area contributed by atoms with Gasteiger partial charge >= 0.3 is 12.1 Å². The van der Waals surface area contributed by atoms with Gasteiger partial charge < -0.3 is 14.9 Å². The molecule has 2 aliphatic heterocycles. The summed E-state index contributed by atoms with van der Waals surface area (Å²) in [5, 5.41) is 9.46. The minimum Gasteiger partial charge on any atom is -0.481 e. The van der Waals surface area contributed by atoms with Crippen LogP contribution >= 0.6 is 0 Å². The van der Waals surface area contributed by atoms with Gasteiger partial charge in [-0.15, -0.1) is 0 Å². The minimum absolute atomic E-state index is 0.0897. The highest BCUT2D eigenvalue weighted by molar-refractivity contribution is 5.96. The monoisotopic (exact) mass is 384 g/mol. The quantitative estimate of drug-likeness (QED) is 0.848. The van der Waals surface area contributed by atoms with E-state index in [1.165, 1.54) is 21.9 Å². The van der Waals surface area contributed by atoms with Gasteiger partial charge in [0.2, 0.25) is 5.91 Å². The number of carboxylic acid groups (broad SMARTS) is 1. The van der Waals surface area contributed by atoms with Crippen molar-refractivity contribution in [1.29, 1.82) is 0 Å².